The number of methoxy groups -OCH3 is 1. The van der Waals surface area contributed by atoms with Gasteiger partial charge in [0.1, 0.15) is 5.75 Å². The van der Waals surface area contributed by atoms with Gasteiger partial charge in [-0.2, -0.15) is 0 Å². The summed E-state index contributed by atoms with van der Waals surface area (Å²) in [5.41, 5.74) is 11.9. The maximum atomic E-state index is 12.8. The molecule has 0 unspecified atom stereocenters. The van der Waals surface area contributed by atoms with Crippen LogP contribution in [0.1, 0.15) is 74.4 Å². The molecule has 0 saturated heterocycles. The summed E-state index contributed by atoms with van der Waals surface area (Å²) >= 11 is 5.92. The van der Waals surface area contributed by atoms with Crippen molar-refractivity contribution in [2.75, 3.05) is 22.6 Å². The maximum Gasteiger partial charge on any atom is 0.412 e. The van der Waals surface area contributed by atoms with E-state index in [1.807, 2.05) is 50.1 Å². The van der Waals surface area contributed by atoms with Gasteiger partial charge in [0.2, 0.25) is 5.91 Å². The summed E-state index contributed by atoms with van der Waals surface area (Å²) in [7, 11) is 1.62. The van der Waals surface area contributed by atoms with Gasteiger partial charge >= 0.3 is 12.1 Å². The van der Waals surface area contributed by atoms with E-state index in [1.54, 1.807) is 40.1 Å². The number of aryl methyl sites for hydroxylation is 3. The van der Waals surface area contributed by atoms with E-state index in [2.05, 4.69) is 20.6 Å². The first-order chi connectivity index (χ1) is 22.6. The zero-order valence-electron chi connectivity index (χ0n) is 28.7. The van der Waals surface area contributed by atoms with Crippen LogP contribution in [0.5, 0.6) is 5.75 Å². The molecule has 0 spiro atoms. The molecule has 0 atom stereocenters. The predicted molar refractivity (Wildman–Crippen MR) is 188 cm³/mol. The number of aromatic nitrogens is 2. The van der Waals surface area contributed by atoms with Crippen LogP contribution < -0.4 is 26.0 Å². The molecule has 13 heteroatoms. The average molecular weight is 680 g/mol. The molecule has 258 valence electrons. The van der Waals surface area contributed by atoms with Crippen molar-refractivity contribution >= 4 is 46.7 Å². The second-order valence-corrected chi connectivity index (χ2v) is 13.7. The number of pyridine rings is 2. The fourth-order valence-corrected chi connectivity index (χ4v) is 6.34. The highest BCUT2D eigenvalue weighted by atomic mass is 35.5. The fourth-order valence-electron chi connectivity index (χ4n) is 6.15. The number of ether oxygens (including phenoxy) is 1. The first-order valence-electron chi connectivity index (χ1n) is 16.0. The molecule has 5 N–H and O–H groups in total. The number of carbonyl (C=O) groups excluding carboxylic acids is 2. The Balaban J connectivity index is 0.000000274. The number of halogens is 1. The van der Waals surface area contributed by atoms with E-state index in [4.69, 9.17) is 22.1 Å². The van der Waals surface area contributed by atoms with E-state index >= 15 is 0 Å². The van der Waals surface area contributed by atoms with Crippen LogP contribution in [0.4, 0.5) is 26.7 Å². The Bertz CT molecular complexity index is 1670. The van der Waals surface area contributed by atoms with E-state index in [-0.39, 0.29) is 35.6 Å². The third kappa shape index (κ3) is 8.35. The Morgan fingerprint density at radius 3 is 2.40 bits per heavy atom. The van der Waals surface area contributed by atoms with E-state index < -0.39 is 11.6 Å². The van der Waals surface area contributed by atoms with Crippen molar-refractivity contribution in [2.24, 2.45) is 11.7 Å². The number of urea groups is 1. The molecule has 1 fully saturated rings. The number of fused-ring (bicyclic) bond motifs is 1. The van der Waals surface area contributed by atoms with E-state index in [9.17, 15) is 19.5 Å². The molecule has 3 aromatic rings. The lowest BCUT2D eigenvalue weighted by Crippen LogP contribution is -2.47. The first-order valence-corrected chi connectivity index (χ1v) is 16.4. The molecule has 0 radical (unpaired) electrons. The molecule has 3 heterocycles. The topological polar surface area (TPSA) is 163 Å². The van der Waals surface area contributed by atoms with Gasteiger partial charge in [0, 0.05) is 53.8 Å². The van der Waals surface area contributed by atoms with E-state index in [1.165, 1.54) is 4.90 Å². The zero-order chi connectivity index (χ0) is 35.3. The van der Waals surface area contributed by atoms with Crippen molar-refractivity contribution in [3.63, 3.8) is 0 Å². The first kappa shape index (κ1) is 36.4. The number of nitrogens with two attached hydrogens (primary N) is 1. The smallest absolute Gasteiger partial charge is 0.412 e. The summed E-state index contributed by atoms with van der Waals surface area (Å²) in [6.45, 7) is 12.1. The van der Waals surface area contributed by atoms with Gasteiger partial charge in [0.05, 0.1) is 30.7 Å². The molecule has 1 aliphatic carbocycles. The number of nitrogens with one attached hydrogen (secondary N) is 2. The molecule has 5 rings (SSSR count). The summed E-state index contributed by atoms with van der Waals surface area (Å²) in [6, 6.07) is 7.39. The van der Waals surface area contributed by atoms with Gasteiger partial charge < -0.3 is 31.1 Å². The predicted octanol–water partition coefficient (Wildman–Crippen LogP) is 7.04. The summed E-state index contributed by atoms with van der Waals surface area (Å²) in [5.74, 6) is 0.719. The number of hydrogen-bond acceptors (Lipinski definition) is 7. The largest absolute Gasteiger partial charge is 0.496 e. The maximum absolute atomic E-state index is 12.8. The number of nitrogens with zero attached hydrogens (tertiary/aromatic N) is 4. The molecule has 1 aliphatic heterocycles. The fraction of sp³-hybridized carbons (Fsp3) is 0.457. The highest BCUT2D eigenvalue weighted by molar-refractivity contribution is 6.32. The minimum atomic E-state index is -1.04. The lowest BCUT2D eigenvalue weighted by atomic mass is 9.84. The van der Waals surface area contributed by atoms with Crippen LogP contribution in [-0.2, 0) is 17.9 Å². The van der Waals surface area contributed by atoms with Crippen LogP contribution in [0, 0.1) is 26.7 Å². The minimum Gasteiger partial charge on any atom is -0.496 e. The SMILES string of the molecule is COc1cc(NC(=O)C2CCC(N3Cc4c(C)cnc(CN)c4NC3=O)CC2)ccc1C.Cc1cnc(Cl)c(N(C(=O)O)C(C)(C)C)c1. The van der Waals surface area contributed by atoms with Crippen molar-refractivity contribution < 1.29 is 24.2 Å². The minimum absolute atomic E-state index is 0.0253. The monoisotopic (exact) mass is 679 g/mol. The van der Waals surface area contributed by atoms with E-state index in [0.29, 0.717) is 17.9 Å². The Morgan fingerprint density at radius 1 is 1.10 bits per heavy atom. The van der Waals surface area contributed by atoms with Crippen molar-refractivity contribution in [2.45, 2.75) is 91.9 Å². The van der Waals surface area contributed by atoms with Gasteiger partial charge in [-0.3, -0.25) is 14.7 Å². The zero-order valence-corrected chi connectivity index (χ0v) is 29.4. The molecular formula is C35H46ClN7O5. The number of anilines is 3. The molecule has 1 aromatic carbocycles. The summed E-state index contributed by atoms with van der Waals surface area (Å²) < 4.78 is 5.35. The lowest BCUT2D eigenvalue weighted by Gasteiger charge is -2.40. The van der Waals surface area contributed by atoms with Gasteiger partial charge in [0.25, 0.3) is 0 Å². The molecule has 12 nitrogen and oxygen atoms in total. The average Bonchev–Trinajstić information content (AvgIpc) is 3.03. The van der Waals surface area contributed by atoms with Gasteiger partial charge in [-0.25, -0.2) is 14.6 Å². The lowest BCUT2D eigenvalue weighted by molar-refractivity contribution is -0.121. The molecular weight excluding hydrogens is 634 g/mol. The van der Waals surface area contributed by atoms with Crippen LogP contribution in [0.2, 0.25) is 5.15 Å². The van der Waals surface area contributed by atoms with Crippen LogP contribution in [0.25, 0.3) is 0 Å². The van der Waals surface area contributed by atoms with Gasteiger partial charge in [-0.1, -0.05) is 17.7 Å². The van der Waals surface area contributed by atoms with Crippen molar-refractivity contribution in [3.8, 4) is 5.75 Å². The third-order valence-electron chi connectivity index (χ3n) is 8.74. The standard InChI is InChI=1S/C24H31N5O3.C11H15ClN2O2/c1-14-4-7-17(10-21(14)32-3)27-23(30)16-5-8-18(9-6-16)29-13-19-15(2)12-26-20(11-25)22(19)28-24(29)31;1-7-5-8(9(12)13-6-7)14(10(15)16)11(2,3)4/h4,7,10,12,16,18H,5-6,8-9,11,13,25H2,1-3H3,(H,27,30)(H,28,31);5-6H,1-4H3,(H,15,16). The number of rotatable bonds is 6. The highest BCUT2D eigenvalue weighted by Crippen LogP contribution is 2.35. The van der Waals surface area contributed by atoms with Crippen LogP contribution >= 0.6 is 11.6 Å². The Kier molecular flexibility index (Phi) is 11.5. The Labute approximate surface area is 287 Å². The molecule has 0 bridgehead atoms. The quantitative estimate of drug-likeness (QED) is 0.202. The number of benzene rings is 1. The second-order valence-electron chi connectivity index (χ2n) is 13.3. The molecule has 1 saturated carbocycles. The van der Waals surface area contributed by atoms with Crippen LogP contribution in [-0.4, -0.2) is 56.7 Å². The molecule has 2 aromatic heterocycles. The number of carbonyl (C=O) groups is 3. The van der Waals surface area contributed by atoms with Crippen LogP contribution in [0.15, 0.2) is 36.7 Å². The van der Waals surface area contributed by atoms with E-state index in [0.717, 1.165) is 65.1 Å². The number of carboxylic acid groups (broad SMARTS) is 1. The van der Waals surface area contributed by atoms with Crippen LogP contribution in [0.3, 0.4) is 0 Å². The summed E-state index contributed by atoms with van der Waals surface area (Å²) in [5, 5.41) is 15.4. The third-order valence-corrected chi connectivity index (χ3v) is 9.03. The Hall–Kier alpha value is -4.42. The summed E-state index contributed by atoms with van der Waals surface area (Å²) in [4.78, 5) is 48.3. The highest BCUT2D eigenvalue weighted by Gasteiger charge is 2.35. The normalized spacial score (nSPS) is 17.4. The van der Waals surface area contributed by atoms with Crippen molar-refractivity contribution in [3.05, 3.63) is 69.8 Å². The summed E-state index contributed by atoms with van der Waals surface area (Å²) in [6.07, 6.45) is 5.48. The molecule has 2 aliphatic rings. The number of hydrogen-bond donors (Lipinski definition) is 4. The van der Waals surface area contributed by atoms with Gasteiger partial charge in [0.15, 0.2) is 5.15 Å². The van der Waals surface area contributed by atoms with Crippen molar-refractivity contribution in [1.29, 1.82) is 0 Å². The number of amides is 4. The molecule has 48 heavy (non-hydrogen) atoms. The molecule has 4 amide bonds. The van der Waals surface area contributed by atoms with Crippen molar-refractivity contribution in [1.82, 2.24) is 14.9 Å². The Morgan fingerprint density at radius 2 is 1.79 bits per heavy atom. The van der Waals surface area contributed by atoms with Gasteiger partial charge in [-0.05, 0) is 96.0 Å². The second kappa shape index (κ2) is 15.2. The van der Waals surface area contributed by atoms with Gasteiger partial charge in [-0.15, -0.1) is 0 Å².